The number of hydrogen-bond donors (Lipinski definition) is 4. The molecule has 6 rings (SSSR count). The molecular weight excluding hydrogens is 733 g/mol. The van der Waals surface area contributed by atoms with Crippen molar-refractivity contribution >= 4 is 47.6 Å². The zero-order chi connectivity index (χ0) is 40.4. The molecule has 0 fully saturated rings. The van der Waals surface area contributed by atoms with E-state index in [2.05, 4.69) is 10.6 Å². The number of aryl methyl sites for hydroxylation is 2. The third-order valence-corrected chi connectivity index (χ3v) is 10.3. The van der Waals surface area contributed by atoms with Crippen molar-refractivity contribution in [2.75, 3.05) is 0 Å². The highest BCUT2D eigenvalue weighted by molar-refractivity contribution is 7.46. The van der Waals surface area contributed by atoms with Gasteiger partial charge in [0.25, 0.3) is 0 Å². The van der Waals surface area contributed by atoms with Crippen molar-refractivity contribution in [1.82, 2.24) is 15.2 Å². The second kappa shape index (κ2) is 15.8. The zero-order valence-electron chi connectivity index (χ0n) is 32.2. The van der Waals surface area contributed by atoms with Gasteiger partial charge >= 0.3 is 13.9 Å². The predicted octanol–water partition coefficient (Wildman–Crippen LogP) is 8.59. The summed E-state index contributed by atoms with van der Waals surface area (Å²) in [5, 5.41) is 7.42. The van der Waals surface area contributed by atoms with E-state index in [9.17, 15) is 28.7 Å². The molecule has 2 unspecified atom stereocenters. The number of phosphoric acid groups is 1. The lowest BCUT2D eigenvalue weighted by atomic mass is 9.78. The number of amides is 2. The smallest absolute Gasteiger partial charge is 0.457 e. The quantitative estimate of drug-likeness (QED) is 0.0839. The Labute approximate surface area is 325 Å². The maximum absolute atomic E-state index is 14.3. The number of carbonyl (C=O) groups is 3. The summed E-state index contributed by atoms with van der Waals surface area (Å²) in [7, 11) is -4.90. The molecule has 0 radical (unpaired) electrons. The van der Waals surface area contributed by atoms with Gasteiger partial charge in [-0.05, 0) is 74.2 Å². The number of phosphoric ester groups is 1. The van der Waals surface area contributed by atoms with E-state index >= 15 is 0 Å². The molecule has 13 heteroatoms. The molecule has 6 aromatic rings. The molecule has 0 aliphatic rings. The van der Waals surface area contributed by atoms with Crippen molar-refractivity contribution in [3.63, 3.8) is 0 Å². The van der Waals surface area contributed by atoms with E-state index in [0.29, 0.717) is 38.9 Å². The number of rotatable bonds is 13. The molecular formula is C43H46N3O9P. The van der Waals surface area contributed by atoms with Gasteiger partial charge in [0.05, 0.1) is 11.6 Å². The van der Waals surface area contributed by atoms with Gasteiger partial charge in [0.2, 0.25) is 11.8 Å². The fourth-order valence-corrected chi connectivity index (χ4v) is 7.79. The van der Waals surface area contributed by atoms with Gasteiger partial charge in [-0.2, -0.15) is 0 Å². The van der Waals surface area contributed by atoms with E-state index in [4.69, 9.17) is 13.7 Å². The monoisotopic (exact) mass is 779 g/mol. The van der Waals surface area contributed by atoms with Crippen molar-refractivity contribution in [3.05, 3.63) is 137 Å². The number of para-hydroxylation sites is 2. The molecule has 0 aliphatic heterocycles. The van der Waals surface area contributed by atoms with E-state index in [0.717, 1.165) is 16.5 Å². The maximum Gasteiger partial charge on any atom is 0.524 e. The minimum absolute atomic E-state index is 0.0106. The van der Waals surface area contributed by atoms with Crippen LogP contribution in [-0.2, 0) is 32.5 Å². The number of fused-ring (bicyclic) bond motifs is 2. The number of aromatic nitrogens is 1. The second-order valence-electron chi connectivity index (χ2n) is 15.1. The van der Waals surface area contributed by atoms with Crippen LogP contribution in [0.15, 0.2) is 108 Å². The van der Waals surface area contributed by atoms with Crippen LogP contribution in [0.2, 0.25) is 0 Å². The minimum Gasteiger partial charge on any atom is -0.457 e. The minimum atomic E-state index is -4.90. The number of carbonyl (C=O) groups excluding carboxylic acids is 3. The summed E-state index contributed by atoms with van der Waals surface area (Å²) in [6, 6.07) is 29.0. The van der Waals surface area contributed by atoms with Gasteiger partial charge in [-0.25, -0.2) is 9.36 Å². The van der Waals surface area contributed by atoms with E-state index in [-0.39, 0.29) is 31.1 Å². The first-order valence-corrected chi connectivity index (χ1v) is 19.7. The van der Waals surface area contributed by atoms with Crippen LogP contribution in [0.25, 0.3) is 21.9 Å². The van der Waals surface area contributed by atoms with Gasteiger partial charge in [-0.3, -0.25) is 23.9 Å². The summed E-state index contributed by atoms with van der Waals surface area (Å²) < 4.78 is 29.9. The number of nitrogens with one attached hydrogen (secondary N) is 2. The van der Waals surface area contributed by atoms with Gasteiger partial charge in [0.1, 0.15) is 22.6 Å². The van der Waals surface area contributed by atoms with Crippen LogP contribution in [0.5, 0.6) is 5.75 Å². The highest BCUT2D eigenvalue weighted by atomic mass is 31.2. The molecule has 292 valence electrons. The van der Waals surface area contributed by atoms with Crippen LogP contribution in [-0.4, -0.2) is 37.8 Å². The molecule has 2 atom stereocenters. The SMILES string of the molecule is Cc1cc(C)c(C(C)(C)CC(=O)n2cc(CC(C)(NC(=O)OCc3cc4ccccc4o3)C(=O)NC(C)c3ccccc3)c3ccccc32)c(OP(=O)(O)O)c1. The standard InChI is InChI=1S/C43H46N3O9P/c1-27-20-28(2)39(37(21-27)55-56(50,51)52)42(4,5)24-38(47)46-25-32(34-17-11-12-18-35(34)46)23-43(6,40(48)44-29(3)30-14-8-7-9-15-30)45-41(49)53-26-33-22-31-16-10-13-19-36(31)54-33/h7-22,25,29H,23-24,26H2,1-6H3,(H,44,48)(H,45,49)(H2,50,51,52). The lowest BCUT2D eigenvalue weighted by molar-refractivity contribution is -0.127. The Morgan fingerprint density at radius 1 is 0.911 bits per heavy atom. The number of ether oxygens (including phenoxy) is 1. The fourth-order valence-electron chi connectivity index (χ4n) is 7.39. The van der Waals surface area contributed by atoms with Crippen molar-refractivity contribution in [1.29, 1.82) is 0 Å². The zero-order valence-corrected chi connectivity index (χ0v) is 33.1. The van der Waals surface area contributed by atoms with Crippen LogP contribution >= 0.6 is 7.82 Å². The summed E-state index contributed by atoms with van der Waals surface area (Å²) in [5.74, 6) is -0.319. The van der Waals surface area contributed by atoms with Crippen LogP contribution in [0.4, 0.5) is 4.79 Å². The first kappa shape index (κ1) is 40.0. The number of hydrogen-bond acceptors (Lipinski definition) is 7. The Hall–Kier alpha value is -5.68. The Kier molecular flexibility index (Phi) is 11.3. The van der Waals surface area contributed by atoms with Gasteiger partial charge in [-0.15, -0.1) is 0 Å². The van der Waals surface area contributed by atoms with Crippen LogP contribution < -0.4 is 15.2 Å². The molecule has 0 saturated carbocycles. The lowest BCUT2D eigenvalue weighted by Gasteiger charge is -2.31. The molecule has 0 bridgehead atoms. The summed E-state index contributed by atoms with van der Waals surface area (Å²) in [6.07, 6.45) is 0.761. The summed E-state index contributed by atoms with van der Waals surface area (Å²) in [5.41, 5.74) is 2.21. The highest BCUT2D eigenvalue weighted by Gasteiger charge is 2.38. The van der Waals surface area contributed by atoms with Gasteiger partial charge in [0.15, 0.2) is 6.61 Å². The van der Waals surface area contributed by atoms with Gasteiger partial charge < -0.3 is 24.3 Å². The molecule has 2 heterocycles. The first-order chi connectivity index (χ1) is 26.4. The second-order valence-corrected chi connectivity index (χ2v) is 16.3. The summed E-state index contributed by atoms with van der Waals surface area (Å²) in [4.78, 5) is 61.3. The largest absolute Gasteiger partial charge is 0.524 e. The molecule has 4 N–H and O–H groups in total. The third kappa shape index (κ3) is 9.05. The highest BCUT2D eigenvalue weighted by Crippen LogP contribution is 2.45. The number of benzene rings is 4. The molecule has 0 aliphatic carbocycles. The fraction of sp³-hybridized carbons (Fsp3) is 0.279. The number of alkyl carbamates (subject to hydrolysis) is 1. The molecule has 4 aromatic carbocycles. The van der Waals surface area contributed by atoms with Gasteiger partial charge in [0, 0.05) is 40.8 Å². The number of nitrogens with zero attached hydrogens (tertiary/aromatic N) is 1. The van der Waals surface area contributed by atoms with E-state index in [1.54, 1.807) is 44.3 Å². The predicted molar refractivity (Wildman–Crippen MR) is 213 cm³/mol. The van der Waals surface area contributed by atoms with Crippen LogP contribution in [0.1, 0.15) is 78.5 Å². The Morgan fingerprint density at radius 3 is 2.30 bits per heavy atom. The Balaban J connectivity index is 1.30. The summed E-state index contributed by atoms with van der Waals surface area (Å²) >= 11 is 0. The van der Waals surface area contributed by atoms with Crippen molar-refractivity contribution in [2.24, 2.45) is 0 Å². The molecule has 12 nitrogen and oxygen atoms in total. The van der Waals surface area contributed by atoms with Crippen LogP contribution in [0.3, 0.4) is 0 Å². The maximum atomic E-state index is 14.3. The molecule has 2 amide bonds. The molecule has 0 saturated heterocycles. The normalized spacial score (nSPS) is 13.6. The molecule has 0 spiro atoms. The number of furan rings is 1. The molecule has 2 aromatic heterocycles. The van der Waals surface area contributed by atoms with E-state index < -0.39 is 36.8 Å². The Morgan fingerprint density at radius 2 is 1.59 bits per heavy atom. The molecule has 56 heavy (non-hydrogen) atoms. The van der Waals surface area contributed by atoms with E-state index in [1.807, 2.05) is 100 Å². The Bertz CT molecular complexity index is 2430. The van der Waals surface area contributed by atoms with Crippen LogP contribution in [0, 0.1) is 13.8 Å². The third-order valence-electron chi connectivity index (χ3n) is 9.89. The average molecular weight is 780 g/mol. The van der Waals surface area contributed by atoms with Crippen molar-refractivity contribution < 1.29 is 42.4 Å². The average Bonchev–Trinajstić information content (AvgIpc) is 3.71. The van der Waals surface area contributed by atoms with Gasteiger partial charge in [-0.1, -0.05) is 86.6 Å². The first-order valence-electron chi connectivity index (χ1n) is 18.2. The lowest BCUT2D eigenvalue weighted by Crippen LogP contribution is -2.58. The topological polar surface area (TPSA) is 169 Å². The van der Waals surface area contributed by atoms with E-state index in [1.165, 1.54) is 4.57 Å². The van der Waals surface area contributed by atoms with Crippen molar-refractivity contribution in [2.45, 2.75) is 78.0 Å². The summed E-state index contributed by atoms with van der Waals surface area (Å²) in [6.45, 7) is 10.5. The van der Waals surface area contributed by atoms with Crippen molar-refractivity contribution in [3.8, 4) is 5.75 Å².